The van der Waals surface area contributed by atoms with E-state index in [1.54, 1.807) is 0 Å². The number of nitrogens with one attached hydrogen (secondary N) is 2. The Morgan fingerprint density at radius 1 is 1.04 bits per heavy atom. The van der Waals surface area contributed by atoms with Crippen molar-refractivity contribution >= 4 is 17.3 Å². The summed E-state index contributed by atoms with van der Waals surface area (Å²) in [6.07, 6.45) is 2.63. The lowest BCUT2D eigenvalue weighted by Gasteiger charge is -2.07. The number of anilines is 2. The Morgan fingerprint density at radius 2 is 1.77 bits per heavy atom. The first-order valence-electron chi connectivity index (χ1n) is 8.76. The highest BCUT2D eigenvalue weighted by molar-refractivity contribution is 5.94. The van der Waals surface area contributed by atoms with E-state index in [1.165, 1.54) is 0 Å². The van der Waals surface area contributed by atoms with Gasteiger partial charge in [-0.3, -0.25) is 4.79 Å². The van der Waals surface area contributed by atoms with Crippen LogP contribution in [0, 0.1) is 5.92 Å². The van der Waals surface area contributed by atoms with Gasteiger partial charge in [0.05, 0.1) is 13.0 Å². The molecule has 6 nitrogen and oxygen atoms in total. The van der Waals surface area contributed by atoms with Gasteiger partial charge in [-0.1, -0.05) is 35.5 Å². The average Bonchev–Trinajstić information content (AvgIpc) is 3.43. The summed E-state index contributed by atoms with van der Waals surface area (Å²) in [6.45, 7) is 0.478. The Bertz CT molecular complexity index is 870. The molecule has 1 heterocycles. The molecule has 2 N–H and O–H groups in total. The summed E-state index contributed by atoms with van der Waals surface area (Å²) in [7, 11) is 0. The Kier molecular flexibility index (Phi) is 4.64. The normalized spacial score (nSPS) is 13.4. The van der Waals surface area contributed by atoms with Crippen molar-refractivity contribution in [2.75, 3.05) is 10.6 Å². The van der Waals surface area contributed by atoms with Crippen molar-refractivity contribution in [3.8, 4) is 0 Å². The maximum atomic E-state index is 11.7. The van der Waals surface area contributed by atoms with Crippen LogP contribution in [0.4, 0.5) is 11.4 Å². The number of carbonyl (C=O) groups excluding carboxylic acids is 1. The van der Waals surface area contributed by atoms with E-state index >= 15 is 0 Å². The largest absolute Gasteiger partial charge is 0.378 e. The van der Waals surface area contributed by atoms with Gasteiger partial charge < -0.3 is 15.2 Å². The molecule has 0 atom stereocenters. The summed E-state index contributed by atoms with van der Waals surface area (Å²) in [6, 6.07) is 17.7. The second kappa shape index (κ2) is 7.39. The quantitative estimate of drug-likeness (QED) is 0.682. The van der Waals surface area contributed by atoms with Crippen LogP contribution in [0.25, 0.3) is 0 Å². The summed E-state index contributed by atoms with van der Waals surface area (Å²) in [5.74, 6) is 1.53. The molecule has 1 aliphatic carbocycles. The van der Waals surface area contributed by atoms with E-state index in [4.69, 9.17) is 4.52 Å². The number of hydrogen-bond donors (Lipinski definition) is 2. The fourth-order valence-corrected chi connectivity index (χ4v) is 2.65. The molecule has 6 heteroatoms. The maximum Gasteiger partial charge on any atom is 0.231 e. The van der Waals surface area contributed by atoms with E-state index in [2.05, 4.69) is 20.8 Å². The molecule has 132 valence electrons. The van der Waals surface area contributed by atoms with Gasteiger partial charge >= 0.3 is 0 Å². The third kappa shape index (κ3) is 4.27. The third-order valence-corrected chi connectivity index (χ3v) is 4.26. The second-order valence-corrected chi connectivity index (χ2v) is 6.46. The van der Waals surface area contributed by atoms with Crippen LogP contribution in [0.5, 0.6) is 0 Å². The van der Waals surface area contributed by atoms with Crippen LogP contribution >= 0.6 is 0 Å². The zero-order valence-corrected chi connectivity index (χ0v) is 14.3. The lowest BCUT2D eigenvalue weighted by atomic mass is 10.1. The molecule has 1 saturated carbocycles. The van der Waals surface area contributed by atoms with Gasteiger partial charge in [0, 0.05) is 17.3 Å². The molecule has 0 aliphatic heterocycles. The topological polar surface area (TPSA) is 80.0 Å². The average molecular weight is 348 g/mol. The summed E-state index contributed by atoms with van der Waals surface area (Å²) >= 11 is 0. The molecular formula is C20H20N4O2. The van der Waals surface area contributed by atoms with Crippen LogP contribution in [0.3, 0.4) is 0 Å². The highest BCUT2D eigenvalue weighted by atomic mass is 16.5. The second-order valence-electron chi connectivity index (χ2n) is 6.46. The minimum absolute atomic E-state index is 0.114. The smallest absolute Gasteiger partial charge is 0.231 e. The summed E-state index contributed by atoms with van der Waals surface area (Å²) < 4.78 is 5.30. The molecule has 0 bridgehead atoms. The minimum atomic E-state index is 0.114. The van der Waals surface area contributed by atoms with Gasteiger partial charge in [0.2, 0.25) is 11.8 Å². The van der Waals surface area contributed by atoms with Crippen molar-refractivity contribution in [3.63, 3.8) is 0 Å². The lowest BCUT2D eigenvalue weighted by Crippen LogP contribution is -2.13. The molecule has 4 rings (SSSR count). The summed E-state index contributed by atoms with van der Waals surface area (Å²) in [5.41, 5.74) is 2.89. The molecule has 1 fully saturated rings. The maximum absolute atomic E-state index is 11.7. The van der Waals surface area contributed by atoms with E-state index in [0.717, 1.165) is 29.8 Å². The molecular weight excluding hydrogens is 328 g/mol. The molecule has 0 spiro atoms. The van der Waals surface area contributed by atoms with E-state index in [0.29, 0.717) is 24.7 Å². The number of benzene rings is 2. The van der Waals surface area contributed by atoms with Gasteiger partial charge in [-0.25, -0.2) is 0 Å². The van der Waals surface area contributed by atoms with E-state index in [-0.39, 0.29) is 11.8 Å². The first-order valence-corrected chi connectivity index (χ1v) is 8.76. The highest BCUT2D eigenvalue weighted by Crippen LogP contribution is 2.30. The fraction of sp³-hybridized carbons (Fsp3) is 0.250. The lowest BCUT2D eigenvalue weighted by molar-refractivity contribution is -0.117. The van der Waals surface area contributed by atoms with Crippen LogP contribution < -0.4 is 10.6 Å². The standard InChI is InChI=1S/C20H20N4O2/c25-20(15-6-7-15)22-17-10-8-16(9-11-17)21-13-18-23-19(26-24-18)12-14-4-2-1-3-5-14/h1-5,8-11,15,21H,6-7,12-13H2,(H,22,25). The minimum Gasteiger partial charge on any atom is -0.378 e. The Labute approximate surface area is 151 Å². The molecule has 1 aliphatic rings. The molecule has 0 unspecified atom stereocenters. The fourth-order valence-electron chi connectivity index (χ4n) is 2.65. The third-order valence-electron chi connectivity index (χ3n) is 4.26. The number of carbonyl (C=O) groups is 1. The first-order chi connectivity index (χ1) is 12.8. The molecule has 1 aromatic heterocycles. The monoisotopic (exact) mass is 348 g/mol. The zero-order valence-electron chi connectivity index (χ0n) is 14.3. The van der Waals surface area contributed by atoms with Crippen molar-refractivity contribution in [2.45, 2.75) is 25.8 Å². The number of rotatable bonds is 7. The Hall–Kier alpha value is -3.15. The first kappa shape index (κ1) is 16.3. The van der Waals surface area contributed by atoms with Gasteiger partial charge in [0.1, 0.15) is 0 Å². The van der Waals surface area contributed by atoms with Crippen LogP contribution in [-0.4, -0.2) is 16.0 Å². The SMILES string of the molecule is O=C(Nc1ccc(NCc2noc(Cc3ccccc3)n2)cc1)C1CC1. The molecule has 1 amide bonds. The van der Waals surface area contributed by atoms with Crippen LogP contribution in [-0.2, 0) is 17.8 Å². The number of aromatic nitrogens is 2. The molecule has 0 saturated heterocycles. The number of nitrogens with zero attached hydrogens (tertiary/aromatic N) is 2. The van der Waals surface area contributed by atoms with Crippen molar-refractivity contribution in [1.82, 2.24) is 10.1 Å². The van der Waals surface area contributed by atoms with Gasteiger partial charge in [0.15, 0.2) is 5.82 Å². The van der Waals surface area contributed by atoms with Gasteiger partial charge in [-0.15, -0.1) is 0 Å². The molecule has 26 heavy (non-hydrogen) atoms. The predicted octanol–water partition coefficient (Wildman–Crippen LogP) is 3.62. The predicted molar refractivity (Wildman–Crippen MR) is 98.7 cm³/mol. The van der Waals surface area contributed by atoms with E-state index in [9.17, 15) is 4.79 Å². The van der Waals surface area contributed by atoms with Crippen LogP contribution in [0.1, 0.15) is 30.1 Å². The van der Waals surface area contributed by atoms with Gasteiger partial charge in [-0.2, -0.15) is 4.98 Å². The molecule has 2 aromatic carbocycles. The molecule has 0 radical (unpaired) electrons. The zero-order chi connectivity index (χ0) is 17.8. The van der Waals surface area contributed by atoms with Gasteiger partial charge in [0.25, 0.3) is 0 Å². The number of hydrogen-bond acceptors (Lipinski definition) is 5. The van der Waals surface area contributed by atoms with Crippen molar-refractivity contribution in [2.24, 2.45) is 5.92 Å². The van der Waals surface area contributed by atoms with E-state index in [1.807, 2.05) is 54.6 Å². The molecule has 3 aromatic rings. The van der Waals surface area contributed by atoms with Crippen molar-refractivity contribution < 1.29 is 9.32 Å². The highest BCUT2D eigenvalue weighted by Gasteiger charge is 2.29. The van der Waals surface area contributed by atoms with Crippen LogP contribution in [0.2, 0.25) is 0 Å². The van der Waals surface area contributed by atoms with Crippen LogP contribution in [0.15, 0.2) is 59.1 Å². The number of amides is 1. The summed E-state index contributed by atoms with van der Waals surface area (Å²) in [4.78, 5) is 16.2. The van der Waals surface area contributed by atoms with Crippen molar-refractivity contribution in [3.05, 3.63) is 71.9 Å². The Morgan fingerprint density at radius 3 is 2.50 bits per heavy atom. The summed E-state index contributed by atoms with van der Waals surface area (Å²) in [5, 5.41) is 10.2. The Balaban J connectivity index is 1.29. The van der Waals surface area contributed by atoms with Crippen molar-refractivity contribution in [1.29, 1.82) is 0 Å². The van der Waals surface area contributed by atoms with E-state index < -0.39 is 0 Å². The van der Waals surface area contributed by atoms with Gasteiger partial charge in [-0.05, 0) is 42.7 Å².